The second-order valence-corrected chi connectivity index (χ2v) is 6.10. The second kappa shape index (κ2) is 7.80. The average molecular weight is 366 g/mol. The minimum atomic E-state index is -0.412. The molecule has 0 aliphatic carbocycles. The molecule has 26 heavy (non-hydrogen) atoms. The van der Waals surface area contributed by atoms with Gasteiger partial charge in [-0.1, -0.05) is 35.9 Å². The number of carbonyl (C=O) groups excluding carboxylic acids is 2. The maximum absolute atomic E-state index is 12.5. The van der Waals surface area contributed by atoms with E-state index in [1.807, 2.05) is 31.2 Å². The van der Waals surface area contributed by atoms with Gasteiger partial charge < -0.3 is 10.6 Å². The third-order valence-corrected chi connectivity index (χ3v) is 3.97. The molecule has 6 heteroatoms. The van der Waals surface area contributed by atoms with Gasteiger partial charge in [-0.05, 0) is 48.9 Å². The molecular formula is C20H16ClN3O2. The summed E-state index contributed by atoms with van der Waals surface area (Å²) in [6, 6.07) is 17.3. The van der Waals surface area contributed by atoms with Crippen molar-refractivity contribution >= 4 is 34.8 Å². The van der Waals surface area contributed by atoms with E-state index in [9.17, 15) is 9.59 Å². The molecule has 130 valence electrons. The number of hydrogen-bond acceptors (Lipinski definition) is 3. The topological polar surface area (TPSA) is 71.1 Å². The van der Waals surface area contributed by atoms with Crippen LogP contribution in [-0.4, -0.2) is 16.8 Å². The van der Waals surface area contributed by atoms with E-state index in [1.54, 1.807) is 30.3 Å². The van der Waals surface area contributed by atoms with Crippen LogP contribution in [-0.2, 0) is 0 Å². The highest BCUT2D eigenvalue weighted by Gasteiger charge is 2.13. The molecule has 0 aliphatic heterocycles. The third-order valence-electron chi connectivity index (χ3n) is 3.73. The molecular weight excluding hydrogens is 350 g/mol. The number of rotatable bonds is 4. The van der Waals surface area contributed by atoms with Crippen molar-refractivity contribution in [2.75, 3.05) is 10.6 Å². The Bertz CT molecular complexity index is 958. The van der Waals surface area contributed by atoms with Crippen molar-refractivity contribution in [2.24, 2.45) is 0 Å². The number of pyridine rings is 1. The van der Waals surface area contributed by atoms with Crippen LogP contribution in [0.2, 0.25) is 5.02 Å². The number of nitrogens with one attached hydrogen (secondary N) is 2. The van der Waals surface area contributed by atoms with Crippen molar-refractivity contribution in [2.45, 2.75) is 6.92 Å². The third kappa shape index (κ3) is 4.26. The summed E-state index contributed by atoms with van der Waals surface area (Å²) < 4.78 is 0. The summed E-state index contributed by atoms with van der Waals surface area (Å²) in [6.45, 7) is 1.86. The fraction of sp³-hybridized carbons (Fsp3) is 0.0500. The van der Waals surface area contributed by atoms with E-state index in [0.717, 1.165) is 5.56 Å². The van der Waals surface area contributed by atoms with Crippen LogP contribution in [0.5, 0.6) is 0 Å². The van der Waals surface area contributed by atoms with Crippen molar-refractivity contribution in [3.63, 3.8) is 0 Å². The predicted octanol–water partition coefficient (Wildman–Crippen LogP) is 4.55. The van der Waals surface area contributed by atoms with E-state index in [-0.39, 0.29) is 11.6 Å². The number of amides is 2. The van der Waals surface area contributed by atoms with Gasteiger partial charge in [0.05, 0.1) is 0 Å². The summed E-state index contributed by atoms with van der Waals surface area (Å²) in [5.41, 5.74) is 2.64. The molecule has 0 atom stereocenters. The first kappa shape index (κ1) is 17.6. The van der Waals surface area contributed by atoms with Crippen molar-refractivity contribution in [1.29, 1.82) is 0 Å². The first-order valence-corrected chi connectivity index (χ1v) is 8.31. The zero-order chi connectivity index (χ0) is 18.5. The molecule has 5 nitrogen and oxygen atoms in total. The molecule has 0 saturated heterocycles. The van der Waals surface area contributed by atoms with Gasteiger partial charge in [-0.15, -0.1) is 0 Å². The summed E-state index contributed by atoms with van der Waals surface area (Å²) in [4.78, 5) is 28.9. The van der Waals surface area contributed by atoms with Crippen LogP contribution < -0.4 is 10.6 Å². The largest absolute Gasteiger partial charge is 0.322 e. The quantitative estimate of drug-likeness (QED) is 0.712. The molecule has 2 N–H and O–H groups in total. The number of anilines is 2. The predicted molar refractivity (Wildman–Crippen MR) is 103 cm³/mol. The van der Waals surface area contributed by atoms with E-state index in [0.29, 0.717) is 22.0 Å². The summed E-state index contributed by atoms with van der Waals surface area (Å²) >= 11 is 5.97. The molecule has 0 saturated carbocycles. The molecule has 1 aromatic heterocycles. The highest BCUT2D eigenvalue weighted by molar-refractivity contribution is 6.31. The van der Waals surface area contributed by atoms with Crippen LogP contribution >= 0.6 is 11.6 Å². The van der Waals surface area contributed by atoms with Crippen molar-refractivity contribution in [3.05, 3.63) is 88.7 Å². The number of benzene rings is 2. The van der Waals surface area contributed by atoms with E-state index in [4.69, 9.17) is 11.6 Å². The molecule has 0 unspecified atom stereocenters. The minimum absolute atomic E-state index is 0.144. The van der Waals surface area contributed by atoms with Crippen LogP contribution in [0.25, 0.3) is 0 Å². The van der Waals surface area contributed by atoms with Gasteiger partial charge in [0.15, 0.2) is 0 Å². The van der Waals surface area contributed by atoms with E-state index < -0.39 is 5.91 Å². The lowest BCUT2D eigenvalue weighted by Gasteiger charge is -2.09. The van der Waals surface area contributed by atoms with Crippen LogP contribution in [0.1, 0.15) is 26.4 Å². The number of aryl methyl sites for hydroxylation is 1. The van der Waals surface area contributed by atoms with E-state index in [1.165, 1.54) is 12.3 Å². The SMILES string of the molecule is Cc1ccc(Cl)cc1NC(=O)c1cc(C(=O)Nc2ccccc2)ccn1. The number of aromatic nitrogens is 1. The van der Waals surface area contributed by atoms with Gasteiger partial charge in [0, 0.05) is 28.2 Å². The first-order chi connectivity index (χ1) is 12.5. The molecule has 0 aliphatic rings. The molecule has 0 spiro atoms. The molecule has 0 bridgehead atoms. The smallest absolute Gasteiger partial charge is 0.274 e. The molecule has 0 fully saturated rings. The maximum Gasteiger partial charge on any atom is 0.274 e. The molecule has 1 heterocycles. The Balaban J connectivity index is 1.77. The number of carbonyl (C=O) groups is 2. The van der Waals surface area contributed by atoms with Crippen LogP contribution in [0.4, 0.5) is 11.4 Å². The first-order valence-electron chi connectivity index (χ1n) is 7.93. The van der Waals surface area contributed by atoms with Gasteiger partial charge in [0.25, 0.3) is 11.8 Å². The Morgan fingerprint density at radius 1 is 0.923 bits per heavy atom. The molecule has 0 radical (unpaired) electrons. The normalized spacial score (nSPS) is 10.2. The van der Waals surface area contributed by atoms with Crippen molar-refractivity contribution in [3.8, 4) is 0 Å². The van der Waals surface area contributed by atoms with Gasteiger partial charge in [0.2, 0.25) is 0 Å². The summed E-state index contributed by atoms with van der Waals surface area (Å²) in [7, 11) is 0. The van der Waals surface area contributed by atoms with Gasteiger partial charge in [-0.2, -0.15) is 0 Å². The Morgan fingerprint density at radius 2 is 1.69 bits per heavy atom. The highest BCUT2D eigenvalue weighted by Crippen LogP contribution is 2.21. The Kier molecular flexibility index (Phi) is 5.29. The molecule has 2 aromatic carbocycles. The van der Waals surface area contributed by atoms with Gasteiger partial charge in [-0.3, -0.25) is 14.6 Å². The van der Waals surface area contributed by atoms with Gasteiger partial charge in [0.1, 0.15) is 5.69 Å². The fourth-order valence-corrected chi connectivity index (χ4v) is 2.51. The number of hydrogen-bond donors (Lipinski definition) is 2. The molecule has 3 aromatic rings. The second-order valence-electron chi connectivity index (χ2n) is 5.66. The zero-order valence-corrected chi connectivity index (χ0v) is 14.7. The number of nitrogens with zero attached hydrogens (tertiary/aromatic N) is 1. The lowest BCUT2D eigenvalue weighted by Crippen LogP contribution is -2.17. The van der Waals surface area contributed by atoms with E-state index in [2.05, 4.69) is 15.6 Å². The highest BCUT2D eigenvalue weighted by atomic mass is 35.5. The monoisotopic (exact) mass is 365 g/mol. The molecule has 2 amide bonds. The van der Waals surface area contributed by atoms with Gasteiger partial charge in [-0.25, -0.2) is 0 Å². The van der Waals surface area contributed by atoms with Crippen LogP contribution in [0.15, 0.2) is 66.9 Å². The van der Waals surface area contributed by atoms with E-state index >= 15 is 0 Å². The Morgan fingerprint density at radius 3 is 2.46 bits per heavy atom. The lowest BCUT2D eigenvalue weighted by atomic mass is 10.1. The minimum Gasteiger partial charge on any atom is -0.322 e. The van der Waals surface area contributed by atoms with Crippen LogP contribution in [0.3, 0.4) is 0 Å². The number of halogens is 1. The average Bonchev–Trinajstić information content (AvgIpc) is 2.65. The Labute approximate surface area is 156 Å². The lowest BCUT2D eigenvalue weighted by molar-refractivity contribution is 0.102. The Hall–Kier alpha value is -3.18. The standard InChI is InChI=1S/C20H16ClN3O2/c1-13-7-8-15(21)12-17(13)24-20(26)18-11-14(9-10-22-18)19(25)23-16-5-3-2-4-6-16/h2-12H,1H3,(H,23,25)(H,24,26). The van der Waals surface area contributed by atoms with Gasteiger partial charge >= 0.3 is 0 Å². The number of para-hydroxylation sites is 1. The zero-order valence-electron chi connectivity index (χ0n) is 14.0. The van der Waals surface area contributed by atoms with Crippen LogP contribution in [0, 0.1) is 6.92 Å². The fourth-order valence-electron chi connectivity index (χ4n) is 2.34. The van der Waals surface area contributed by atoms with Crippen molar-refractivity contribution in [1.82, 2.24) is 4.98 Å². The molecule has 3 rings (SSSR count). The maximum atomic E-state index is 12.5. The summed E-state index contributed by atoms with van der Waals surface area (Å²) in [6.07, 6.45) is 1.43. The van der Waals surface area contributed by atoms with Crippen molar-refractivity contribution < 1.29 is 9.59 Å². The summed E-state index contributed by atoms with van der Waals surface area (Å²) in [5.74, 6) is -0.726. The summed E-state index contributed by atoms with van der Waals surface area (Å²) in [5, 5.41) is 6.06.